The molecule has 0 unspecified atom stereocenters. The van der Waals surface area contributed by atoms with Crippen molar-refractivity contribution >= 4 is 5.97 Å². The summed E-state index contributed by atoms with van der Waals surface area (Å²) in [7, 11) is 0. The molecule has 19 heavy (non-hydrogen) atoms. The Labute approximate surface area is 111 Å². The Bertz CT molecular complexity index is 564. The highest BCUT2D eigenvalue weighted by molar-refractivity contribution is 5.72. The summed E-state index contributed by atoms with van der Waals surface area (Å²) in [6, 6.07) is 14.8. The van der Waals surface area contributed by atoms with E-state index in [2.05, 4.69) is 4.89 Å². The van der Waals surface area contributed by atoms with Gasteiger partial charge in [0.15, 0.2) is 0 Å². The second-order valence-corrected chi connectivity index (χ2v) is 4.14. The number of carbonyl (C=O) groups excluding carboxylic acids is 1. The maximum absolute atomic E-state index is 11.1. The SMILES string of the molecule is Cc1ccc(Oc2ccccc2)cc1CC(=O)OO. The van der Waals surface area contributed by atoms with Crippen molar-refractivity contribution in [3.8, 4) is 11.5 Å². The Morgan fingerprint density at radius 1 is 1.11 bits per heavy atom. The summed E-state index contributed by atoms with van der Waals surface area (Å²) in [5.41, 5.74) is 1.69. The molecule has 2 rings (SSSR count). The van der Waals surface area contributed by atoms with Crippen molar-refractivity contribution in [3.63, 3.8) is 0 Å². The lowest BCUT2D eigenvalue weighted by Gasteiger charge is -2.09. The van der Waals surface area contributed by atoms with Crippen LogP contribution in [-0.4, -0.2) is 11.2 Å². The van der Waals surface area contributed by atoms with Crippen molar-refractivity contribution < 1.29 is 19.7 Å². The van der Waals surface area contributed by atoms with Crippen LogP contribution in [-0.2, 0) is 16.1 Å². The second kappa shape index (κ2) is 6.02. The van der Waals surface area contributed by atoms with Crippen molar-refractivity contribution in [2.75, 3.05) is 0 Å². The fourth-order valence-electron chi connectivity index (χ4n) is 1.71. The number of rotatable bonds is 4. The smallest absolute Gasteiger partial charge is 0.346 e. The molecule has 0 amide bonds. The van der Waals surface area contributed by atoms with Gasteiger partial charge in [-0.3, -0.25) is 0 Å². The number of hydrogen-bond acceptors (Lipinski definition) is 4. The molecule has 4 heteroatoms. The summed E-state index contributed by atoms with van der Waals surface area (Å²) in [5.74, 6) is 0.666. The molecule has 0 saturated carbocycles. The highest BCUT2D eigenvalue weighted by Crippen LogP contribution is 2.24. The van der Waals surface area contributed by atoms with E-state index in [9.17, 15) is 4.79 Å². The Balaban J connectivity index is 2.18. The highest BCUT2D eigenvalue weighted by Gasteiger charge is 2.09. The summed E-state index contributed by atoms with van der Waals surface area (Å²) in [4.78, 5) is 14.8. The third kappa shape index (κ3) is 3.56. The highest BCUT2D eigenvalue weighted by atomic mass is 17.1. The Hall–Kier alpha value is -2.33. The predicted molar refractivity (Wildman–Crippen MR) is 70.1 cm³/mol. The number of hydrogen-bond donors (Lipinski definition) is 1. The number of benzene rings is 2. The van der Waals surface area contributed by atoms with Gasteiger partial charge in [0.25, 0.3) is 0 Å². The van der Waals surface area contributed by atoms with Crippen molar-refractivity contribution in [2.24, 2.45) is 0 Å². The van der Waals surface area contributed by atoms with Crippen LogP contribution in [0.4, 0.5) is 0 Å². The molecule has 2 aromatic carbocycles. The van der Waals surface area contributed by atoms with Gasteiger partial charge in [0.2, 0.25) is 0 Å². The summed E-state index contributed by atoms with van der Waals surface area (Å²) in [5, 5.41) is 8.31. The molecule has 0 spiro atoms. The van der Waals surface area contributed by atoms with E-state index in [1.165, 1.54) is 0 Å². The predicted octanol–water partition coefficient (Wildman–Crippen LogP) is 3.35. The maximum atomic E-state index is 11.1. The molecule has 1 N–H and O–H groups in total. The Kier molecular flexibility index (Phi) is 4.15. The number of ether oxygens (including phenoxy) is 1. The topological polar surface area (TPSA) is 55.8 Å². The Morgan fingerprint density at radius 3 is 2.53 bits per heavy atom. The van der Waals surface area contributed by atoms with E-state index in [0.29, 0.717) is 5.75 Å². The van der Waals surface area contributed by atoms with Crippen molar-refractivity contribution in [1.82, 2.24) is 0 Å². The lowest BCUT2D eigenvalue weighted by Crippen LogP contribution is -2.06. The van der Waals surface area contributed by atoms with Crippen LogP contribution in [0.2, 0.25) is 0 Å². The van der Waals surface area contributed by atoms with E-state index >= 15 is 0 Å². The first-order chi connectivity index (χ1) is 9.19. The third-order valence-electron chi connectivity index (χ3n) is 2.74. The molecule has 2 aromatic rings. The third-order valence-corrected chi connectivity index (χ3v) is 2.74. The van der Waals surface area contributed by atoms with Gasteiger partial charge < -0.3 is 9.62 Å². The van der Waals surface area contributed by atoms with Crippen LogP contribution in [0.25, 0.3) is 0 Å². The first-order valence-electron chi connectivity index (χ1n) is 5.85. The molecule has 0 aliphatic carbocycles. The molecule has 98 valence electrons. The minimum atomic E-state index is -0.694. The van der Waals surface area contributed by atoms with Crippen LogP contribution >= 0.6 is 0 Å². The van der Waals surface area contributed by atoms with Crippen molar-refractivity contribution in [2.45, 2.75) is 13.3 Å². The van der Waals surface area contributed by atoms with Gasteiger partial charge in [-0.1, -0.05) is 24.3 Å². The summed E-state index contributed by atoms with van der Waals surface area (Å²) in [6.07, 6.45) is 0.00826. The first kappa shape index (κ1) is 13.1. The monoisotopic (exact) mass is 258 g/mol. The molecule has 0 atom stereocenters. The summed E-state index contributed by atoms with van der Waals surface area (Å²) in [6.45, 7) is 1.88. The van der Waals surface area contributed by atoms with Gasteiger partial charge in [-0.25, -0.2) is 4.79 Å². The lowest BCUT2D eigenvalue weighted by atomic mass is 10.1. The van der Waals surface area contributed by atoms with Gasteiger partial charge in [0.1, 0.15) is 11.5 Å². The minimum absolute atomic E-state index is 0.00826. The van der Waals surface area contributed by atoms with Crippen LogP contribution in [0.1, 0.15) is 11.1 Å². The van der Waals surface area contributed by atoms with E-state index in [-0.39, 0.29) is 6.42 Å². The minimum Gasteiger partial charge on any atom is -0.457 e. The van der Waals surface area contributed by atoms with Gasteiger partial charge in [-0.2, -0.15) is 5.26 Å². The molecule has 0 fully saturated rings. The molecule has 0 saturated heterocycles. The van der Waals surface area contributed by atoms with E-state index in [4.69, 9.17) is 9.99 Å². The standard InChI is InChI=1S/C15H14O4/c1-11-7-8-14(9-12(11)10-15(16)19-17)18-13-5-3-2-4-6-13/h2-9,17H,10H2,1H3. The lowest BCUT2D eigenvalue weighted by molar-refractivity contribution is -0.233. The zero-order valence-electron chi connectivity index (χ0n) is 10.5. The molecule has 0 aliphatic rings. The van der Waals surface area contributed by atoms with Crippen LogP contribution in [0.3, 0.4) is 0 Å². The summed E-state index contributed by atoms with van der Waals surface area (Å²) >= 11 is 0. The number of para-hydroxylation sites is 1. The second-order valence-electron chi connectivity index (χ2n) is 4.14. The molecular weight excluding hydrogens is 244 g/mol. The maximum Gasteiger partial charge on any atom is 0.346 e. The van der Waals surface area contributed by atoms with Crippen molar-refractivity contribution in [1.29, 1.82) is 0 Å². The van der Waals surface area contributed by atoms with Crippen LogP contribution in [0, 0.1) is 6.92 Å². The van der Waals surface area contributed by atoms with Gasteiger partial charge >= 0.3 is 5.97 Å². The number of aryl methyl sites for hydroxylation is 1. The van der Waals surface area contributed by atoms with Crippen molar-refractivity contribution in [3.05, 3.63) is 59.7 Å². The fraction of sp³-hybridized carbons (Fsp3) is 0.133. The van der Waals surface area contributed by atoms with Crippen LogP contribution in [0.5, 0.6) is 11.5 Å². The van der Waals surface area contributed by atoms with Crippen LogP contribution in [0.15, 0.2) is 48.5 Å². The van der Waals surface area contributed by atoms with E-state index in [1.54, 1.807) is 6.07 Å². The van der Waals surface area contributed by atoms with Gasteiger partial charge in [0, 0.05) is 0 Å². The van der Waals surface area contributed by atoms with E-state index < -0.39 is 5.97 Å². The molecule has 0 aliphatic heterocycles. The molecular formula is C15H14O4. The zero-order chi connectivity index (χ0) is 13.7. The first-order valence-corrected chi connectivity index (χ1v) is 5.85. The Morgan fingerprint density at radius 2 is 1.84 bits per heavy atom. The average molecular weight is 258 g/mol. The molecule has 0 radical (unpaired) electrons. The quantitative estimate of drug-likeness (QED) is 0.675. The number of carbonyl (C=O) groups is 1. The average Bonchev–Trinajstić information content (AvgIpc) is 2.43. The van der Waals surface area contributed by atoms with E-state index in [0.717, 1.165) is 16.9 Å². The van der Waals surface area contributed by atoms with Gasteiger partial charge in [-0.05, 0) is 42.3 Å². The molecule has 0 bridgehead atoms. The van der Waals surface area contributed by atoms with Gasteiger partial charge in [-0.15, -0.1) is 0 Å². The molecule has 4 nitrogen and oxygen atoms in total. The van der Waals surface area contributed by atoms with Crippen LogP contribution < -0.4 is 4.74 Å². The summed E-state index contributed by atoms with van der Waals surface area (Å²) < 4.78 is 5.67. The normalized spacial score (nSPS) is 10.0. The van der Waals surface area contributed by atoms with E-state index in [1.807, 2.05) is 49.4 Å². The molecule has 0 heterocycles. The fourth-order valence-corrected chi connectivity index (χ4v) is 1.71. The van der Waals surface area contributed by atoms with Gasteiger partial charge in [0.05, 0.1) is 6.42 Å². The largest absolute Gasteiger partial charge is 0.457 e. The zero-order valence-corrected chi connectivity index (χ0v) is 10.5. The molecule has 0 aromatic heterocycles.